The lowest BCUT2D eigenvalue weighted by Crippen LogP contribution is -1.93. The summed E-state index contributed by atoms with van der Waals surface area (Å²) in [5, 5.41) is 0.439. The lowest BCUT2D eigenvalue weighted by molar-refractivity contribution is 0.670. The SMILES string of the molecule is [2H]c1c([2H])c([2H])c(-c2c([2H])c([2H])c([2H])c([2H])c2-c2c3ccccc3c(-c3c([2H])c(-c4c([2H])c([2H])c([2H])c([2H])c4[2H])c4oc5c([2H])c([2H])c([2H])c([2H])c5c4c3[2H])c3ccccc23)c([2H])c1[2H]. The average Bonchev–Trinajstić information content (AvgIpc) is 3.70. The van der Waals surface area contributed by atoms with E-state index in [9.17, 15) is 4.11 Å². The minimum atomic E-state index is -0.756. The van der Waals surface area contributed by atoms with Crippen LogP contribution in [0.4, 0.5) is 0 Å². The first-order valence-electron chi connectivity index (χ1n) is 23.8. The van der Waals surface area contributed by atoms with Crippen molar-refractivity contribution >= 4 is 43.5 Å². The summed E-state index contributed by atoms with van der Waals surface area (Å²) in [6.07, 6.45) is 0. The van der Waals surface area contributed by atoms with Gasteiger partial charge in [-0.1, -0.05) is 151 Å². The Morgan fingerprint density at radius 1 is 0.378 bits per heavy atom. The molecule has 0 amide bonds. The monoisotopic (exact) mass is 592 g/mol. The van der Waals surface area contributed by atoms with Crippen molar-refractivity contribution in [1.82, 2.24) is 0 Å². The van der Waals surface area contributed by atoms with Crippen molar-refractivity contribution in [3.05, 3.63) is 169 Å². The normalized spacial score (nSPS) is 17.8. The standard InChI is InChI=1S/C44H28O/c1-3-15-29(16-4-1)32-19-7-8-21-34(32)43-37-24-11-9-22-35(37)42(36-23-10-12-25-38(36)43)31-27-39(30-17-5-2-6-18-30)44-40(28-31)33-20-13-14-26-41(33)45-44/h1-28H/i1D,2D,3D,4D,5D,6D,7D,8D,13D,14D,15D,16D,17D,18D,19D,20D,21D,26D,27D,28D. The number of para-hydroxylation sites is 1. The van der Waals surface area contributed by atoms with Gasteiger partial charge in [-0.2, -0.15) is 0 Å². The Morgan fingerprint density at radius 3 is 1.53 bits per heavy atom. The molecule has 1 nitrogen and oxygen atoms in total. The Morgan fingerprint density at radius 2 is 0.889 bits per heavy atom. The first-order valence-corrected chi connectivity index (χ1v) is 13.8. The summed E-state index contributed by atoms with van der Waals surface area (Å²) in [5.41, 5.74) is -2.79. The smallest absolute Gasteiger partial charge is 0.143 e. The van der Waals surface area contributed by atoms with Crippen LogP contribution in [0.5, 0.6) is 0 Å². The molecule has 0 bridgehead atoms. The predicted molar refractivity (Wildman–Crippen MR) is 190 cm³/mol. The van der Waals surface area contributed by atoms with Gasteiger partial charge in [0.15, 0.2) is 0 Å². The summed E-state index contributed by atoms with van der Waals surface area (Å²) < 4.78 is 183. The molecule has 1 aromatic heterocycles. The molecule has 0 unspecified atom stereocenters. The molecule has 0 saturated heterocycles. The molecule has 1 heterocycles. The fourth-order valence-electron chi connectivity index (χ4n) is 5.86. The maximum Gasteiger partial charge on any atom is 0.143 e. The minimum Gasteiger partial charge on any atom is -0.455 e. The van der Waals surface area contributed by atoms with Crippen LogP contribution < -0.4 is 0 Å². The predicted octanol–water partition coefficient (Wildman–Crippen LogP) is 12.6. The van der Waals surface area contributed by atoms with Crippen LogP contribution in [0, 0.1) is 0 Å². The molecule has 0 saturated carbocycles. The third-order valence-corrected chi connectivity index (χ3v) is 7.68. The number of hydrogen-bond donors (Lipinski definition) is 0. The molecule has 0 N–H and O–H groups in total. The molecular weight excluding hydrogens is 544 g/mol. The van der Waals surface area contributed by atoms with Crippen molar-refractivity contribution in [2.24, 2.45) is 0 Å². The molecule has 0 atom stereocenters. The van der Waals surface area contributed by atoms with Crippen molar-refractivity contribution < 1.29 is 31.8 Å². The Bertz CT molecular complexity index is 3550. The van der Waals surface area contributed by atoms with E-state index in [0.717, 1.165) is 0 Å². The van der Waals surface area contributed by atoms with Gasteiger partial charge in [-0.15, -0.1) is 0 Å². The van der Waals surface area contributed by atoms with Crippen LogP contribution in [0.15, 0.2) is 174 Å². The molecule has 0 aliphatic carbocycles. The Hall–Kier alpha value is -5.92. The van der Waals surface area contributed by atoms with Crippen molar-refractivity contribution in [3.63, 3.8) is 0 Å². The van der Waals surface area contributed by atoms with Gasteiger partial charge in [0.1, 0.15) is 11.2 Å². The third-order valence-electron chi connectivity index (χ3n) is 7.68. The van der Waals surface area contributed by atoms with Gasteiger partial charge in [-0.3, -0.25) is 0 Å². The number of benzene rings is 8. The zero-order valence-corrected chi connectivity index (χ0v) is 23.0. The van der Waals surface area contributed by atoms with Crippen molar-refractivity contribution in [2.75, 3.05) is 0 Å². The van der Waals surface area contributed by atoms with E-state index in [-0.39, 0.29) is 60.1 Å². The Labute approximate surface area is 289 Å². The highest BCUT2D eigenvalue weighted by molar-refractivity contribution is 6.23. The lowest BCUT2D eigenvalue weighted by Gasteiger charge is -2.20. The highest BCUT2D eigenvalue weighted by Crippen LogP contribution is 2.48. The fourth-order valence-corrected chi connectivity index (χ4v) is 5.86. The summed E-state index contributed by atoms with van der Waals surface area (Å²) in [4.78, 5) is 0. The number of fused-ring (bicyclic) bond motifs is 5. The van der Waals surface area contributed by atoms with Crippen molar-refractivity contribution in [2.45, 2.75) is 0 Å². The molecule has 0 aliphatic heterocycles. The van der Waals surface area contributed by atoms with Crippen LogP contribution in [0.2, 0.25) is 0 Å². The van der Waals surface area contributed by atoms with E-state index < -0.39 is 149 Å². The molecule has 0 spiro atoms. The molecule has 0 fully saturated rings. The van der Waals surface area contributed by atoms with Gasteiger partial charge in [-0.05, 0) is 78.6 Å². The first-order chi connectivity index (χ1) is 30.7. The topological polar surface area (TPSA) is 13.1 Å². The van der Waals surface area contributed by atoms with Crippen molar-refractivity contribution in [1.29, 1.82) is 0 Å². The molecule has 9 rings (SSSR count). The Kier molecular flexibility index (Phi) is 2.90. The Balaban J connectivity index is 1.55. The van der Waals surface area contributed by atoms with Gasteiger partial charge >= 0.3 is 0 Å². The van der Waals surface area contributed by atoms with Crippen LogP contribution in [0.1, 0.15) is 27.4 Å². The second kappa shape index (κ2) is 10.4. The van der Waals surface area contributed by atoms with Gasteiger partial charge in [0, 0.05) is 16.3 Å². The molecule has 8 aromatic carbocycles. The fraction of sp³-hybridized carbons (Fsp3) is 0. The van der Waals surface area contributed by atoms with E-state index in [2.05, 4.69) is 0 Å². The minimum absolute atomic E-state index is 0.126. The van der Waals surface area contributed by atoms with E-state index >= 15 is 0 Å². The number of rotatable bonds is 4. The van der Waals surface area contributed by atoms with Gasteiger partial charge < -0.3 is 4.42 Å². The maximum atomic E-state index is 9.95. The van der Waals surface area contributed by atoms with E-state index in [1.807, 2.05) is 0 Å². The zero-order chi connectivity index (χ0) is 47.1. The van der Waals surface area contributed by atoms with E-state index in [0.29, 0.717) is 0 Å². The van der Waals surface area contributed by atoms with Gasteiger partial charge in [-0.25, -0.2) is 0 Å². The molecule has 0 aliphatic rings. The van der Waals surface area contributed by atoms with Crippen molar-refractivity contribution in [3.8, 4) is 44.5 Å². The number of hydrogen-bond acceptors (Lipinski definition) is 1. The molecule has 1 heteroatoms. The largest absolute Gasteiger partial charge is 0.455 e. The highest BCUT2D eigenvalue weighted by atomic mass is 16.3. The lowest BCUT2D eigenvalue weighted by atomic mass is 9.83. The second-order valence-electron chi connectivity index (χ2n) is 10.1. The van der Waals surface area contributed by atoms with Gasteiger partial charge in [0.05, 0.1) is 27.4 Å². The van der Waals surface area contributed by atoms with E-state index in [1.54, 1.807) is 48.5 Å². The third kappa shape index (κ3) is 4.09. The summed E-state index contributed by atoms with van der Waals surface area (Å²) in [6, 6.07) is -0.862. The van der Waals surface area contributed by atoms with E-state index in [4.69, 9.17) is 27.7 Å². The quantitative estimate of drug-likeness (QED) is 0.185. The summed E-state index contributed by atoms with van der Waals surface area (Å²) >= 11 is 0. The van der Waals surface area contributed by atoms with Gasteiger partial charge in [0.25, 0.3) is 0 Å². The van der Waals surface area contributed by atoms with E-state index in [1.165, 1.54) is 0 Å². The summed E-state index contributed by atoms with van der Waals surface area (Å²) in [7, 11) is 0. The highest BCUT2D eigenvalue weighted by Gasteiger charge is 2.21. The van der Waals surface area contributed by atoms with Crippen LogP contribution in [0.25, 0.3) is 88.0 Å². The summed E-state index contributed by atoms with van der Waals surface area (Å²) in [6.45, 7) is 0. The van der Waals surface area contributed by atoms with Crippen LogP contribution in [-0.2, 0) is 0 Å². The van der Waals surface area contributed by atoms with Crippen LogP contribution in [0.3, 0.4) is 0 Å². The number of furan rings is 1. The van der Waals surface area contributed by atoms with Crippen LogP contribution >= 0.6 is 0 Å². The first kappa shape index (κ1) is 12.6. The summed E-state index contributed by atoms with van der Waals surface area (Å²) in [5.74, 6) is 0. The zero-order valence-electron chi connectivity index (χ0n) is 43.0. The maximum absolute atomic E-state index is 9.95. The molecular formula is C44H28O. The van der Waals surface area contributed by atoms with Gasteiger partial charge in [0.2, 0.25) is 0 Å². The molecule has 0 radical (unpaired) electrons. The van der Waals surface area contributed by atoms with Crippen LogP contribution in [-0.4, -0.2) is 0 Å². The molecule has 210 valence electrons. The molecule has 45 heavy (non-hydrogen) atoms. The average molecular weight is 593 g/mol. The second-order valence-corrected chi connectivity index (χ2v) is 10.1. The molecule has 9 aromatic rings.